The van der Waals surface area contributed by atoms with Crippen molar-refractivity contribution in [1.29, 1.82) is 5.26 Å². The van der Waals surface area contributed by atoms with Crippen LogP contribution in [-0.2, 0) is 17.8 Å². The Hall–Kier alpha value is -3.70. The zero-order valence-corrected chi connectivity index (χ0v) is 17.1. The van der Waals surface area contributed by atoms with Crippen LogP contribution in [-0.4, -0.2) is 47.8 Å². The normalized spacial score (nSPS) is 15.5. The molecule has 1 saturated heterocycles. The van der Waals surface area contributed by atoms with Gasteiger partial charge in [-0.15, -0.1) is 0 Å². The van der Waals surface area contributed by atoms with Crippen molar-refractivity contribution in [3.8, 4) is 11.9 Å². The number of nitriles is 1. The van der Waals surface area contributed by atoms with Crippen LogP contribution >= 0.6 is 0 Å². The third-order valence-corrected chi connectivity index (χ3v) is 5.46. The minimum Gasteiger partial charge on any atom is -0.472 e. The molecule has 31 heavy (non-hydrogen) atoms. The van der Waals surface area contributed by atoms with Gasteiger partial charge in [-0.25, -0.2) is 0 Å². The van der Waals surface area contributed by atoms with Crippen LogP contribution in [0.1, 0.15) is 16.7 Å². The van der Waals surface area contributed by atoms with Crippen molar-refractivity contribution in [1.82, 2.24) is 15.0 Å². The van der Waals surface area contributed by atoms with Crippen LogP contribution in [0.2, 0.25) is 0 Å². The Morgan fingerprint density at radius 3 is 2.81 bits per heavy atom. The van der Waals surface area contributed by atoms with Crippen molar-refractivity contribution < 1.29 is 9.47 Å². The maximum atomic E-state index is 9.30. The number of hydrogen-bond donors (Lipinski definition) is 0. The van der Waals surface area contributed by atoms with Crippen molar-refractivity contribution in [3.63, 3.8) is 0 Å². The molecule has 2 aliphatic heterocycles. The van der Waals surface area contributed by atoms with E-state index in [1.165, 1.54) is 0 Å². The van der Waals surface area contributed by atoms with Crippen molar-refractivity contribution in [2.24, 2.45) is 0 Å². The molecule has 1 aromatic carbocycles. The molecule has 2 aliphatic rings. The Balaban J connectivity index is 1.52. The summed E-state index contributed by atoms with van der Waals surface area (Å²) < 4.78 is 11.7. The lowest BCUT2D eigenvalue weighted by molar-refractivity contribution is 0.122. The van der Waals surface area contributed by atoms with Gasteiger partial charge in [-0.3, -0.25) is 4.98 Å². The molecule has 1 fully saturated rings. The highest BCUT2D eigenvalue weighted by Crippen LogP contribution is 2.39. The van der Waals surface area contributed by atoms with Gasteiger partial charge in [-0.05, 0) is 30.7 Å². The van der Waals surface area contributed by atoms with E-state index >= 15 is 0 Å². The van der Waals surface area contributed by atoms with Gasteiger partial charge in [0.15, 0.2) is 0 Å². The van der Waals surface area contributed by atoms with E-state index in [0.29, 0.717) is 37.2 Å². The molecule has 0 bridgehead atoms. The molecule has 2 aromatic heterocycles. The van der Waals surface area contributed by atoms with Crippen LogP contribution in [0.5, 0.6) is 5.88 Å². The average molecular weight is 414 g/mol. The van der Waals surface area contributed by atoms with E-state index in [0.717, 1.165) is 48.7 Å². The molecular formula is C23H22N6O2. The highest BCUT2D eigenvalue weighted by Gasteiger charge is 2.29. The smallest absolute Gasteiger partial charge is 0.230 e. The molecule has 8 nitrogen and oxygen atoms in total. The van der Waals surface area contributed by atoms with Crippen LogP contribution in [0, 0.1) is 11.3 Å². The van der Waals surface area contributed by atoms with E-state index in [9.17, 15) is 5.26 Å². The SMILES string of the molecule is N#Cc1cccc(N2CCc3c(OCc4cccnc4)nc(N4CCOCC4)nc32)c1. The second-order valence-electron chi connectivity index (χ2n) is 7.44. The molecule has 0 saturated carbocycles. The summed E-state index contributed by atoms with van der Waals surface area (Å²) in [6, 6.07) is 13.7. The first kappa shape index (κ1) is 19.3. The van der Waals surface area contributed by atoms with Crippen LogP contribution < -0.4 is 14.5 Å². The topological polar surface area (TPSA) is 87.4 Å². The number of anilines is 3. The number of aromatic nitrogens is 3. The highest BCUT2D eigenvalue weighted by molar-refractivity contribution is 5.70. The minimum atomic E-state index is 0.393. The number of fused-ring (bicyclic) bond motifs is 1. The summed E-state index contributed by atoms with van der Waals surface area (Å²) in [6.07, 6.45) is 4.32. The maximum Gasteiger partial charge on any atom is 0.230 e. The molecule has 0 aliphatic carbocycles. The summed E-state index contributed by atoms with van der Waals surface area (Å²) in [5, 5.41) is 9.30. The second-order valence-corrected chi connectivity index (χ2v) is 7.44. The van der Waals surface area contributed by atoms with Gasteiger partial charge in [0.05, 0.1) is 30.4 Å². The fourth-order valence-corrected chi connectivity index (χ4v) is 3.87. The molecule has 8 heteroatoms. The van der Waals surface area contributed by atoms with E-state index in [-0.39, 0.29) is 0 Å². The molecule has 0 N–H and O–H groups in total. The number of nitrogens with zero attached hydrogens (tertiary/aromatic N) is 6. The number of ether oxygens (including phenoxy) is 2. The number of benzene rings is 1. The fourth-order valence-electron chi connectivity index (χ4n) is 3.87. The van der Waals surface area contributed by atoms with Gasteiger partial charge < -0.3 is 19.3 Å². The molecule has 0 radical (unpaired) electrons. The monoisotopic (exact) mass is 414 g/mol. The number of rotatable bonds is 5. The Bertz CT molecular complexity index is 1110. The van der Waals surface area contributed by atoms with Gasteiger partial charge in [0, 0.05) is 43.3 Å². The van der Waals surface area contributed by atoms with Gasteiger partial charge in [0.2, 0.25) is 11.8 Å². The predicted molar refractivity (Wildman–Crippen MR) is 116 cm³/mol. The quantitative estimate of drug-likeness (QED) is 0.630. The van der Waals surface area contributed by atoms with Crippen molar-refractivity contribution >= 4 is 17.5 Å². The Labute approximate surface area is 180 Å². The lowest BCUT2D eigenvalue weighted by atomic mass is 10.2. The van der Waals surface area contributed by atoms with E-state index < -0.39 is 0 Å². The molecule has 3 aromatic rings. The Kier molecular flexibility index (Phi) is 5.33. The van der Waals surface area contributed by atoms with Crippen molar-refractivity contribution in [3.05, 3.63) is 65.5 Å². The van der Waals surface area contributed by atoms with Gasteiger partial charge in [-0.1, -0.05) is 12.1 Å². The molecule has 156 valence electrons. The number of morpholine rings is 1. The lowest BCUT2D eigenvalue weighted by Crippen LogP contribution is -2.37. The van der Waals surface area contributed by atoms with Crippen molar-refractivity contribution in [2.75, 3.05) is 42.6 Å². The van der Waals surface area contributed by atoms with Gasteiger partial charge in [0.1, 0.15) is 12.4 Å². The summed E-state index contributed by atoms with van der Waals surface area (Å²) in [4.78, 5) is 18.1. The summed E-state index contributed by atoms with van der Waals surface area (Å²) in [7, 11) is 0. The van der Waals surface area contributed by atoms with Crippen LogP contribution in [0.15, 0.2) is 48.8 Å². The van der Waals surface area contributed by atoms with Gasteiger partial charge >= 0.3 is 0 Å². The van der Waals surface area contributed by atoms with E-state index in [4.69, 9.17) is 19.4 Å². The van der Waals surface area contributed by atoms with Gasteiger partial charge in [-0.2, -0.15) is 15.2 Å². The highest BCUT2D eigenvalue weighted by atomic mass is 16.5. The molecular weight excluding hydrogens is 392 g/mol. The number of hydrogen-bond acceptors (Lipinski definition) is 8. The third-order valence-electron chi connectivity index (χ3n) is 5.46. The Morgan fingerprint density at radius 1 is 1.10 bits per heavy atom. The van der Waals surface area contributed by atoms with Crippen LogP contribution in [0.25, 0.3) is 0 Å². The van der Waals surface area contributed by atoms with Crippen LogP contribution in [0.3, 0.4) is 0 Å². The molecule has 0 spiro atoms. The molecule has 4 heterocycles. The minimum absolute atomic E-state index is 0.393. The predicted octanol–water partition coefficient (Wildman–Crippen LogP) is 2.85. The maximum absolute atomic E-state index is 9.30. The molecule has 0 amide bonds. The number of pyridine rings is 1. The summed E-state index contributed by atoms with van der Waals surface area (Å²) in [6.45, 7) is 3.94. The molecule has 0 atom stereocenters. The third kappa shape index (κ3) is 4.00. The summed E-state index contributed by atoms with van der Waals surface area (Å²) in [5.41, 5.74) is 3.55. The zero-order chi connectivity index (χ0) is 21.0. The Morgan fingerprint density at radius 2 is 2.00 bits per heavy atom. The first-order valence-electron chi connectivity index (χ1n) is 10.3. The summed E-state index contributed by atoms with van der Waals surface area (Å²) >= 11 is 0. The molecule has 5 rings (SSSR count). The van der Waals surface area contributed by atoms with E-state index in [1.807, 2.05) is 36.4 Å². The van der Waals surface area contributed by atoms with Gasteiger partial charge in [0.25, 0.3) is 0 Å². The molecule has 0 unspecified atom stereocenters. The van der Waals surface area contributed by atoms with Crippen LogP contribution in [0.4, 0.5) is 17.5 Å². The lowest BCUT2D eigenvalue weighted by Gasteiger charge is -2.28. The van der Waals surface area contributed by atoms with Crippen molar-refractivity contribution in [2.45, 2.75) is 13.0 Å². The van der Waals surface area contributed by atoms with E-state index in [2.05, 4.69) is 20.9 Å². The zero-order valence-electron chi connectivity index (χ0n) is 17.1. The first-order valence-corrected chi connectivity index (χ1v) is 10.3. The summed E-state index contributed by atoms with van der Waals surface area (Å²) in [5.74, 6) is 2.09. The fraction of sp³-hybridized carbons (Fsp3) is 0.304. The average Bonchev–Trinajstić information content (AvgIpc) is 3.28. The second kappa shape index (κ2) is 8.58. The van der Waals surface area contributed by atoms with E-state index in [1.54, 1.807) is 12.4 Å². The first-order chi connectivity index (χ1) is 15.3. The standard InChI is InChI=1S/C23H22N6O2/c24-14-17-3-1-5-19(13-17)29-8-6-20-21(29)26-23(28-9-11-30-12-10-28)27-22(20)31-16-18-4-2-7-25-15-18/h1-5,7,13,15H,6,8-12,16H2. The largest absolute Gasteiger partial charge is 0.472 e.